The zero-order chi connectivity index (χ0) is 18.3. The molecule has 1 heterocycles. The molecule has 0 saturated carbocycles. The monoisotopic (exact) mass is 461 g/mol. The van der Waals surface area contributed by atoms with Gasteiger partial charge in [-0.15, -0.1) is 0 Å². The predicted octanol–water partition coefficient (Wildman–Crippen LogP) is 2.62. The number of anilines is 1. The Balaban J connectivity index is 1.52. The maximum Gasteiger partial charge on any atom is 0.325 e. The van der Waals surface area contributed by atoms with Gasteiger partial charge in [-0.25, -0.2) is 4.79 Å². The van der Waals surface area contributed by atoms with Crippen LogP contribution in [0.15, 0.2) is 48.5 Å². The largest absolute Gasteiger partial charge is 0.325 e. The molecule has 0 aromatic heterocycles. The number of fused-ring (bicyclic) bond motifs is 2. The van der Waals surface area contributed by atoms with Crippen LogP contribution in [0.2, 0.25) is 0 Å². The molecule has 1 unspecified atom stereocenters. The van der Waals surface area contributed by atoms with Gasteiger partial charge in [0.2, 0.25) is 5.91 Å². The van der Waals surface area contributed by atoms with Gasteiger partial charge in [0.15, 0.2) is 0 Å². The SMILES string of the molecule is O=C(CN1C(=O)NC2(CCc3ccccc32)C1=O)Nc1ccc(I)cc1. The van der Waals surface area contributed by atoms with Crippen LogP contribution in [0.1, 0.15) is 17.5 Å². The highest BCUT2D eigenvalue weighted by molar-refractivity contribution is 14.1. The lowest BCUT2D eigenvalue weighted by molar-refractivity contribution is -0.134. The summed E-state index contributed by atoms with van der Waals surface area (Å²) in [4.78, 5) is 38.7. The fourth-order valence-corrected chi connectivity index (χ4v) is 3.97. The summed E-state index contributed by atoms with van der Waals surface area (Å²) >= 11 is 2.18. The van der Waals surface area contributed by atoms with Gasteiger partial charge < -0.3 is 10.6 Å². The van der Waals surface area contributed by atoms with Gasteiger partial charge in [0.1, 0.15) is 12.1 Å². The van der Waals surface area contributed by atoms with E-state index >= 15 is 0 Å². The first kappa shape index (κ1) is 17.0. The summed E-state index contributed by atoms with van der Waals surface area (Å²) in [6.45, 7) is -0.305. The Hall–Kier alpha value is -2.42. The number of rotatable bonds is 3. The van der Waals surface area contributed by atoms with E-state index in [4.69, 9.17) is 0 Å². The Morgan fingerprint density at radius 3 is 2.65 bits per heavy atom. The summed E-state index contributed by atoms with van der Waals surface area (Å²) in [5.74, 6) is -0.761. The van der Waals surface area contributed by atoms with Crippen molar-refractivity contribution in [2.24, 2.45) is 0 Å². The van der Waals surface area contributed by atoms with Gasteiger partial charge >= 0.3 is 6.03 Å². The Morgan fingerprint density at radius 2 is 1.88 bits per heavy atom. The molecule has 1 fully saturated rings. The molecule has 1 aliphatic carbocycles. The molecular weight excluding hydrogens is 445 g/mol. The standard InChI is InChI=1S/C19H16IN3O3/c20-13-5-7-14(8-6-13)21-16(24)11-23-17(25)19(22-18(23)26)10-9-12-3-1-2-4-15(12)19/h1-8H,9-11H2,(H,21,24)(H,22,26). The highest BCUT2D eigenvalue weighted by Gasteiger charge is 2.55. The highest BCUT2D eigenvalue weighted by atomic mass is 127. The molecule has 0 bridgehead atoms. The Labute approximate surface area is 164 Å². The third-order valence-electron chi connectivity index (χ3n) is 4.85. The first-order valence-electron chi connectivity index (χ1n) is 8.27. The van der Waals surface area contributed by atoms with Crippen LogP contribution < -0.4 is 10.6 Å². The number of hydrogen-bond donors (Lipinski definition) is 2. The fourth-order valence-electron chi connectivity index (χ4n) is 3.61. The second-order valence-electron chi connectivity index (χ2n) is 6.44. The van der Waals surface area contributed by atoms with Crippen LogP contribution in [0.5, 0.6) is 0 Å². The van der Waals surface area contributed by atoms with E-state index in [2.05, 4.69) is 33.2 Å². The number of nitrogens with one attached hydrogen (secondary N) is 2. The minimum Gasteiger partial charge on any atom is -0.325 e. The Morgan fingerprint density at radius 1 is 1.15 bits per heavy atom. The van der Waals surface area contributed by atoms with Crippen LogP contribution in [0.3, 0.4) is 0 Å². The molecular formula is C19H16IN3O3. The molecule has 132 valence electrons. The van der Waals surface area contributed by atoms with Gasteiger partial charge in [0.25, 0.3) is 5.91 Å². The van der Waals surface area contributed by atoms with E-state index in [1.54, 1.807) is 12.1 Å². The molecule has 6 nitrogen and oxygen atoms in total. The highest BCUT2D eigenvalue weighted by Crippen LogP contribution is 2.41. The van der Waals surface area contributed by atoms with Gasteiger partial charge in [-0.05, 0) is 70.8 Å². The van der Waals surface area contributed by atoms with Crippen LogP contribution in [0, 0.1) is 3.57 Å². The normalized spacial score (nSPS) is 21.0. The van der Waals surface area contributed by atoms with Crippen LogP contribution >= 0.6 is 22.6 Å². The van der Waals surface area contributed by atoms with Gasteiger partial charge in [-0.2, -0.15) is 0 Å². The lowest BCUT2D eigenvalue weighted by Crippen LogP contribution is -2.42. The quantitative estimate of drug-likeness (QED) is 0.545. The number of amides is 4. The van der Waals surface area contributed by atoms with Gasteiger partial charge in [0, 0.05) is 9.26 Å². The lowest BCUT2D eigenvalue weighted by atomic mass is 9.92. The summed E-state index contributed by atoms with van der Waals surface area (Å²) in [6, 6.07) is 14.4. The molecule has 1 saturated heterocycles. The summed E-state index contributed by atoms with van der Waals surface area (Å²) < 4.78 is 1.05. The van der Waals surface area contributed by atoms with Crippen molar-refractivity contribution in [1.82, 2.24) is 10.2 Å². The first-order chi connectivity index (χ1) is 12.5. The van der Waals surface area contributed by atoms with Crippen molar-refractivity contribution in [2.75, 3.05) is 11.9 Å². The van der Waals surface area contributed by atoms with Crippen LogP contribution in [0.25, 0.3) is 0 Å². The van der Waals surface area contributed by atoms with Crippen LogP contribution in [-0.2, 0) is 21.5 Å². The number of benzene rings is 2. The second kappa shape index (κ2) is 6.39. The zero-order valence-electron chi connectivity index (χ0n) is 13.8. The van der Waals surface area contributed by atoms with E-state index < -0.39 is 17.5 Å². The predicted molar refractivity (Wildman–Crippen MR) is 104 cm³/mol. The molecule has 2 N–H and O–H groups in total. The molecule has 7 heteroatoms. The number of aryl methyl sites for hydroxylation is 1. The van der Waals surface area contributed by atoms with Crippen LogP contribution in [0.4, 0.5) is 10.5 Å². The fraction of sp³-hybridized carbons (Fsp3) is 0.211. The molecule has 26 heavy (non-hydrogen) atoms. The number of urea groups is 1. The molecule has 0 radical (unpaired) electrons. The maximum atomic E-state index is 13.0. The van der Waals surface area contributed by atoms with Crippen molar-refractivity contribution in [1.29, 1.82) is 0 Å². The number of halogens is 1. The van der Waals surface area contributed by atoms with E-state index in [0.29, 0.717) is 12.1 Å². The van der Waals surface area contributed by atoms with E-state index in [9.17, 15) is 14.4 Å². The van der Waals surface area contributed by atoms with Crippen molar-refractivity contribution in [3.8, 4) is 0 Å². The van der Waals surface area contributed by atoms with E-state index in [1.807, 2.05) is 36.4 Å². The lowest BCUT2D eigenvalue weighted by Gasteiger charge is -2.22. The minimum atomic E-state index is -1.03. The van der Waals surface area contributed by atoms with Gasteiger partial charge in [0.05, 0.1) is 0 Å². The van der Waals surface area contributed by atoms with E-state index in [0.717, 1.165) is 26.0 Å². The third kappa shape index (κ3) is 2.76. The summed E-state index contributed by atoms with van der Waals surface area (Å²) in [6.07, 6.45) is 1.25. The van der Waals surface area contributed by atoms with E-state index in [1.165, 1.54) is 0 Å². The van der Waals surface area contributed by atoms with Crippen molar-refractivity contribution in [3.63, 3.8) is 0 Å². The number of carbonyl (C=O) groups excluding carboxylic acids is 3. The summed E-state index contributed by atoms with van der Waals surface area (Å²) in [5, 5.41) is 5.54. The molecule has 1 spiro atoms. The maximum absolute atomic E-state index is 13.0. The first-order valence-corrected chi connectivity index (χ1v) is 9.35. The molecule has 1 aliphatic heterocycles. The zero-order valence-corrected chi connectivity index (χ0v) is 15.9. The Kier molecular flexibility index (Phi) is 4.18. The molecule has 4 amide bonds. The molecule has 1 atom stereocenters. The summed E-state index contributed by atoms with van der Waals surface area (Å²) in [5.41, 5.74) is 1.49. The van der Waals surface area contributed by atoms with Crippen molar-refractivity contribution < 1.29 is 14.4 Å². The van der Waals surface area contributed by atoms with Gasteiger partial charge in [-0.3, -0.25) is 14.5 Å². The Bertz CT molecular complexity index is 913. The molecule has 4 rings (SSSR count). The minimum absolute atomic E-state index is 0.305. The van der Waals surface area contributed by atoms with E-state index in [-0.39, 0.29) is 12.5 Å². The van der Waals surface area contributed by atoms with Crippen molar-refractivity contribution in [2.45, 2.75) is 18.4 Å². The van der Waals surface area contributed by atoms with Gasteiger partial charge in [-0.1, -0.05) is 24.3 Å². The third-order valence-corrected chi connectivity index (χ3v) is 5.57. The topological polar surface area (TPSA) is 78.5 Å². The number of carbonyl (C=O) groups is 3. The average molecular weight is 461 g/mol. The second-order valence-corrected chi connectivity index (χ2v) is 7.68. The van der Waals surface area contributed by atoms with Crippen molar-refractivity contribution in [3.05, 3.63) is 63.2 Å². The molecule has 2 aliphatic rings. The van der Waals surface area contributed by atoms with Crippen molar-refractivity contribution >= 4 is 46.1 Å². The molecule has 2 aromatic rings. The smallest absolute Gasteiger partial charge is 0.325 e. The summed E-state index contributed by atoms with van der Waals surface area (Å²) in [7, 11) is 0. The number of imide groups is 1. The number of nitrogens with zero attached hydrogens (tertiary/aromatic N) is 1. The number of hydrogen-bond acceptors (Lipinski definition) is 3. The van der Waals surface area contributed by atoms with Crippen LogP contribution in [-0.4, -0.2) is 29.3 Å². The average Bonchev–Trinajstić information content (AvgIpc) is 3.11. The molecule has 2 aromatic carbocycles.